The molecule has 2 aromatic rings. The van der Waals surface area contributed by atoms with Crippen LogP contribution in [0.5, 0.6) is 0 Å². The molecule has 1 unspecified atom stereocenters. The molecule has 0 aromatic heterocycles. The molecule has 1 atom stereocenters. The highest BCUT2D eigenvalue weighted by atomic mass is 35.5. The van der Waals surface area contributed by atoms with E-state index in [9.17, 15) is 9.59 Å². The van der Waals surface area contributed by atoms with Crippen LogP contribution in [-0.4, -0.2) is 23.3 Å². The molecule has 130 valence electrons. The Morgan fingerprint density at radius 1 is 1.20 bits per heavy atom. The standard InChI is InChI=1S/C20H21ClN2O2/c1-13-5-3-4-6-15(13)11-23-12-16(9-19(23)24)20(25)22-17-8-7-14(2)18(21)10-17/h3-8,10,16H,9,11-12H2,1-2H3,(H,22,25). The highest BCUT2D eigenvalue weighted by Crippen LogP contribution is 2.24. The Kier molecular flexibility index (Phi) is 5.09. The quantitative estimate of drug-likeness (QED) is 0.901. The van der Waals surface area contributed by atoms with Gasteiger partial charge in [-0.1, -0.05) is 41.9 Å². The minimum absolute atomic E-state index is 0.0188. The van der Waals surface area contributed by atoms with Gasteiger partial charge in [0.1, 0.15) is 0 Å². The summed E-state index contributed by atoms with van der Waals surface area (Å²) in [6, 6.07) is 13.4. The minimum Gasteiger partial charge on any atom is -0.338 e. The van der Waals surface area contributed by atoms with Crippen LogP contribution in [0.3, 0.4) is 0 Å². The summed E-state index contributed by atoms with van der Waals surface area (Å²) in [6.45, 7) is 4.93. The SMILES string of the molecule is Cc1ccc(NC(=O)C2CC(=O)N(Cc3ccccc3C)C2)cc1Cl. The van der Waals surface area contributed by atoms with Gasteiger partial charge in [0, 0.05) is 30.2 Å². The van der Waals surface area contributed by atoms with Gasteiger partial charge in [0.05, 0.1) is 5.92 Å². The number of nitrogens with one attached hydrogen (secondary N) is 1. The van der Waals surface area contributed by atoms with Crippen molar-refractivity contribution in [2.45, 2.75) is 26.8 Å². The van der Waals surface area contributed by atoms with Crippen molar-refractivity contribution in [3.63, 3.8) is 0 Å². The van der Waals surface area contributed by atoms with E-state index in [4.69, 9.17) is 11.6 Å². The second-order valence-corrected chi connectivity index (χ2v) is 6.96. The van der Waals surface area contributed by atoms with Crippen molar-refractivity contribution >= 4 is 29.1 Å². The van der Waals surface area contributed by atoms with E-state index < -0.39 is 0 Å². The van der Waals surface area contributed by atoms with Crippen molar-refractivity contribution in [1.82, 2.24) is 4.90 Å². The topological polar surface area (TPSA) is 49.4 Å². The van der Waals surface area contributed by atoms with Gasteiger partial charge in [-0.05, 0) is 42.7 Å². The Bertz CT molecular complexity index is 819. The summed E-state index contributed by atoms with van der Waals surface area (Å²) in [5.74, 6) is -0.456. The molecule has 1 aliphatic rings. The number of hydrogen-bond donors (Lipinski definition) is 1. The molecule has 1 N–H and O–H groups in total. The van der Waals surface area contributed by atoms with E-state index in [1.54, 1.807) is 11.0 Å². The minimum atomic E-state index is -0.336. The lowest BCUT2D eigenvalue weighted by Crippen LogP contribution is -2.28. The number of hydrogen-bond acceptors (Lipinski definition) is 2. The molecule has 0 spiro atoms. The van der Waals surface area contributed by atoms with E-state index in [0.29, 0.717) is 23.8 Å². The third-order valence-electron chi connectivity index (χ3n) is 4.65. The molecule has 5 heteroatoms. The zero-order valence-corrected chi connectivity index (χ0v) is 15.1. The summed E-state index contributed by atoms with van der Waals surface area (Å²) in [5.41, 5.74) is 3.88. The van der Waals surface area contributed by atoms with Crippen LogP contribution in [0.1, 0.15) is 23.1 Å². The van der Waals surface area contributed by atoms with Crippen LogP contribution < -0.4 is 5.32 Å². The number of carbonyl (C=O) groups is 2. The van der Waals surface area contributed by atoms with E-state index in [-0.39, 0.29) is 24.2 Å². The summed E-state index contributed by atoms with van der Waals surface area (Å²) >= 11 is 6.09. The van der Waals surface area contributed by atoms with Crippen LogP contribution in [0.15, 0.2) is 42.5 Å². The predicted octanol–water partition coefficient (Wildman–Crippen LogP) is 3.94. The smallest absolute Gasteiger partial charge is 0.229 e. The van der Waals surface area contributed by atoms with Crippen molar-refractivity contribution in [2.75, 3.05) is 11.9 Å². The molecule has 3 rings (SSSR count). The van der Waals surface area contributed by atoms with Crippen LogP contribution >= 0.6 is 11.6 Å². The maximum atomic E-state index is 12.5. The first kappa shape index (κ1) is 17.5. The number of likely N-dealkylation sites (tertiary alicyclic amines) is 1. The average molecular weight is 357 g/mol. The van der Waals surface area contributed by atoms with Crippen LogP contribution in [0.4, 0.5) is 5.69 Å². The van der Waals surface area contributed by atoms with Crippen LogP contribution in [0.25, 0.3) is 0 Å². The maximum Gasteiger partial charge on any atom is 0.229 e. The number of halogens is 1. The Morgan fingerprint density at radius 3 is 2.68 bits per heavy atom. The molecular formula is C20H21ClN2O2. The fourth-order valence-electron chi connectivity index (χ4n) is 3.01. The molecule has 2 aromatic carbocycles. The van der Waals surface area contributed by atoms with E-state index in [2.05, 4.69) is 5.32 Å². The van der Waals surface area contributed by atoms with Gasteiger partial charge in [0.25, 0.3) is 0 Å². The molecule has 1 heterocycles. The molecule has 0 saturated carbocycles. The molecule has 0 aliphatic carbocycles. The lowest BCUT2D eigenvalue weighted by atomic mass is 10.1. The van der Waals surface area contributed by atoms with Gasteiger partial charge >= 0.3 is 0 Å². The van der Waals surface area contributed by atoms with Gasteiger partial charge in [-0.2, -0.15) is 0 Å². The van der Waals surface area contributed by atoms with Gasteiger partial charge in [-0.25, -0.2) is 0 Å². The van der Waals surface area contributed by atoms with Crippen molar-refractivity contribution in [2.24, 2.45) is 5.92 Å². The fourth-order valence-corrected chi connectivity index (χ4v) is 3.19. The number of rotatable bonds is 4. The van der Waals surface area contributed by atoms with Gasteiger partial charge in [-0.3, -0.25) is 9.59 Å². The van der Waals surface area contributed by atoms with Gasteiger partial charge in [0.15, 0.2) is 0 Å². The van der Waals surface area contributed by atoms with Crippen molar-refractivity contribution in [1.29, 1.82) is 0 Å². The number of aryl methyl sites for hydroxylation is 2. The first-order valence-corrected chi connectivity index (χ1v) is 8.71. The lowest BCUT2D eigenvalue weighted by Gasteiger charge is -2.18. The Balaban J connectivity index is 1.64. The fraction of sp³-hybridized carbons (Fsp3) is 0.300. The van der Waals surface area contributed by atoms with Crippen LogP contribution in [-0.2, 0) is 16.1 Å². The zero-order valence-electron chi connectivity index (χ0n) is 14.4. The van der Waals surface area contributed by atoms with E-state index in [1.807, 2.05) is 50.2 Å². The van der Waals surface area contributed by atoms with Gasteiger partial charge in [0.2, 0.25) is 11.8 Å². The summed E-state index contributed by atoms with van der Waals surface area (Å²) in [4.78, 5) is 26.5. The third-order valence-corrected chi connectivity index (χ3v) is 5.05. The molecular weight excluding hydrogens is 336 g/mol. The highest BCUT2D eigenvalue weighted by Gasteiger charge is 2.34. The number of amides is 2. The summed E-state index contributed by atoms with van der Waals surface area (Å²) in [7, 11) is 0. The van der Waals surface area contributed by atoms with Crippen LogP contribution in [0, 0.1) is 19.8 Å². The third kappa shape index (κ3) is 4.02. The Morgan fingerprint density at radius 2 is 1.96 bits per heavy atom. The predicted molar refractivity (Wildman–Crippen MR) is 99.5 cm³/mol. The largest absolute Gasteiger partial charge is 0.338 e. The highest BCUT2D eigenvalue weighted by molar-refractivity contribution is 6.31. The van der Waals surface area contributed by atoms with Crippen molar-refractivity contribution in [3.05, 3.63) is 64.2 Å². The second-order valence-electron chi connectivity index (χ2n) is 6.56. The molecule has 1 aliphatic heterocycles. The zero-order chi connectivity index (χ0) is 18.0. The summed E-state index contributed by atoms with van der Waals surface area (Å²) < 4.78 is 0. The molecule has 25 heavy (non-hydrogen) atoms. The van der Waals surface area contributed by atoms with Crippen LogP contribution in [0.2, 0.25) is 5.02 Å². The maximum absolute atomic E-state index is 12.5. The number of nitrogens with zero attached hydrogens (tertiary/aromatic N) is 1. The van der Waals surface area contributed by atoms with E-state index >= 15 is 0 Å². The summed E-state index contributed by atoms with van der Waals surface area (Å²) in [6.07, 6.45) is 0.247. The monoisotopic (exact) mass is 356 g/mol. The summed E-state index contributed by atoms with van der Waals surface area (Å²) in [5, 5.41) is 3.48. The lowest BCUT2D eigenvalue weighted by molar-refractivity contribution is -0.128. The normalized spacial score (nSPS) is 17.0. The first-order valence-electron chi connectivity index (χ1n) is 8.33. The average Bonchev–Trinajstić information content (AvgIpc) is 2.94. The first-order chi connectivity index (χ1) is 11.9. The molecule has 4 nitrogen and oxygen atoms in total. The molecule has 0 bridgehead atoms. The molecule has 0 radical (unpaired) electrons. The number of anilines is 1. The Labute approximate surface area is 152 Å². The van der Waals surface area contributed by atoms with Crippen molar-refractivity contribution < 1.29 is 9.59 Å². The van der Waals surface area contributed by atoms with E-state index in [1.165, 1.54) is 0 Å². The second kappa shape index (κ2) is 7.28. The molecule has 1 fully saturated rings. The van der Waals surface area contributed by atoms with E-state index in [0.717, 1.165) is 16.7 Å². The van der Waals surface area contributed by atoms with Gasteiger partial charge in [-0.15, -0.1) is 0 Å². The number of carbonyl (C=O) groups excluding carboxylic acids is 2. The molecule has 1 saturated heterocycles. The molecule has 2 amide bonds. The number of benzene rings is 2. The van der Waals surface area contributed by atoms with Crippen molar-refractivity contribution in [3.8, 4) is 0 Å². The van der Waals surface area contributed by atoms with Gasteiger partial charge < -0.3 is 10.2 Å². The Hall–Kier alpha value is -2.33.